The zero-order valence-electron chi connectivity index (χ0n) is 9.67. The molecule has 84 valence electrons. The van der Waals surface area contributed by atoms with Crippen molar-refractivity contribution in [3.05, 3.63) is 61.1 Å². The normalized spacial score (nSPS) is 11.3. The molecular weight excluding hydrogens is 220 g/mol. The predicted molar refractivity (Wildman–Crippen MR) is 74.6 cm³/mol. The van der Waals surface area contributed by atoms with E-state index in [0.717, 1.165) is 10.9 Å². The van der Waals surface area contributed by atoms with Crippen molar-refractivity contribution < 1.29 is 0 Å². The third-order valence-corrected chi connectivity index (χ3v) is 3.40. The van der Waals surface area contributed by atoms with Crippen LogP contribution in [0.3, 0.4) is 0 Å². The van der Waals surface area contributed by atoms with Crippen LogP contribution in [0.15, 0.2) is 61.1 Å². The molecule has 18 heavy (non-hydrogen) atoms. The van der Waals surface area contributed by atoms with E-state index < -0.39 is 0 Å². The van der Waals surface area contributed by atoms with Gasteiger partial charge in [-0.25, -0.2) is 9.97 Å². The summed E-state index contributed by atoms with van der Waals surface area (Å²) in [6.45, 7) is 0. The number of hydrogen-bond donors (Lipinski definition) is 0. The van der Waals surface area contributed by atoms with Crippen molar-refractivity contribution in [1.82, 2.24) is 9.97 Å². The minimum Gasteiger partial charge on any atom is -0.244 e. The minimum atomic E-state index is 1.02. The molecule has 1 heterocycles. The number of aromatic nitrogens is 2. The monoisotopic (exact) mass is 230 g/mol. The largest absolute Gasteiger partial charge is 0.244 e. The molecule has 4 rings (SSSR count). The van der Waals surface area contributed by atoms with Crippen LogP contribution >= 0.6 is 0 Å². The molecule has 2 nitrogen and oxygen atoms in total. The Morgan fingerprint density at radius 2 is 1.50 bits per heavy atom. The van der Waals surface area contributed by atoms with Crippen LogP contribution in [0, 0.1) is 0 Å². The summed E-state index contributed by atoms with van der Waals surface area (Å²) in [5.74, 6) is 0. The Hall–Kier alpha value is -2.48. The van der Waals surface area contributed by atoms with Gasteiger partial charge in [0.05, 0.1) is 5.52 Å². The molecule has 0 unspecified atom stereocenters. The first-order chi connectivity index (χ1) is 8.93. The lowest BCUT2D eigenvalue weighted by atomic mass is 10.0. The van der Waals surface area contributed by atoms with E-state index in [4.69, 9.17) is 0 Å². The van der Waals surface area contributed by atoms with Gasteiger partial charge in [-0.1, -0.05) is 48.5 Å². The number of fused-ring (bicyclic) bond motifs is 5. The van der Waals surface area contributed by atoms with Gasteiger partial charge >= 0.3 is 0 Å². The third-order valence-electron chi connectivity index (χ3n) is 3.40. The molecule has 2 heteroatoms. The van der Waals surface area contributed by atoms with Crippen molar-refractivity contribution in [3.63, 3.8) is 0 Å². The lowest BCUT2D eigenvalue weighted by molar-refractivity contribution is 1.23. The van der Waals surface area contributed by atoms with E-state index in [1.54, 1.807) is 6.33 Å². The molecule has 0 aliphatic rings. The Balaban J connectivity index is 2.31. The van der Waals surface area contributed by atoms with Crippen molar-refractivity contribution in [2.45, 2.75) is 0 Å². The van der Waals surface area contributed by atoms with E-state index in [1.807, 2.05) is 6.20 Å². The highest BCUT2D eigenvalue weighted by atomic mass is 14.8. The van der Waals surface area contributed by atoms with E-state index >= 15 is 0 Å². The Bertz CT molecular complexity index is 806. The van der Waals surface area contributed by atoms with Gasteiger partial charge < -0.3 is 0 Å². The molecule has 0 aliphatic carbocycles. The Morgan fingerprint density at radius 1 is 0.667 bits per heavy atom. The molecule has 0 fully saturated rings. The summed E-state index contributed by atoms with van der Waals surface area (Å²) in [6.07, 6.45) is 3.47. The van der Waals surface area contributed by atoms with E-state index in [9.17, 15) is 0 Å². The molecule has 0 spiro atoms. The Kier molecular flexibility index (Phi) is 1.86. The first-order valence-electron chi connectivity index (χ1n) is 5.94. The second-order valence-electron chi connectivity index (χ2n) is 4.41. The fourth-order valence-corrected chi connectivity index (χ4v) is 2.54. The number of hydrogen-bond acceptors (Lipinski definition) is 2. The van der Waals surface area contributed by atoms with Crippen molar-refractivity contribution >= 4 is 32.4 Å². The third kappa shape index (κ3) is 1.23. The molecule has 3 aromatic carbocycles. The average molecular weight is 230 g/mol. The van der Waals surface area contributed by atoms with Gasteiger partial charge in [0.1, 0.15) is 6.33 Å². The van der Waals surface area contributed by atoms with Crippen LogP contribution in [0.2, 0.25) is 0 Å². The van der Waals surface area contributed by atoms with Gasteiger partial charge in [0.2, 0.25) is 0 Å². The summed E-state index contributed by atoms with van der Waals surface area (Å²) < 4.78 is 0. The van der Waals surface area contributed by atoms with Gasteiger partial charge in [-0.3, -0.25) is 0 Å². The van der Waals surface area contributed by atoms with E-state index in [-0.39, 0.29) is 0 Å². The van der Waals surface area contributed by atoms with Crippen LogP contribution in [0.25, 0.3) is 32.4 Å². The highest BCUT2D eigenvalue weighted by Crippen LogP contribution is 2.29. The maximum Gasteiger partial charge on any atom is 0.116 e. The molecule has 4 aromatic rings. The number of nitrogens with zero attached hydrogens (tertiary/aromatic N) is 2. The van der Waals surface area contributed by atoms with Gasteiger partial charge in [0.15, 0.2) is 0 Å². The van der Waals surface area contributed by atoms with Crippen LogP contribution in [0.5, 0.6) is 0 Å². The highest BCUT2D eigenvalue weighted by Gasteiger charge is 2.04. The summed E-state index contributed by atoms with van der Waals surface area (Å²) in [4.78, 5) is 8.48. The minimum absolute atomic E-state index is 1.02. The van der Waals surface area contributed by atoms with E-state index in [2.05, 4.69) is 58.5 Å². The fourth-order valence-electron chi connectivity index (χ4n) is 2.54. The maximum absolute atomic E-state index is 4.41. The van der Waals surface area contributed by atoms with Crippen molar-refractivity contribution in [2.24, 2.45) is 0 Å². The summed E-state index contributed by atoms with van der Waals surface area (Å²) in [6, 6.07) is 17.0. The summed E-state index contributed by atoms with van der Waals surface area (Å²) in [5, 5.41) is 6.06. The van der Waals surface area contributed by atoms with Crippen LogP contribution in [0.4, 0.5) is 0 Å². The molecule has 0 N–H and O–H groups in total. The lowest BCUT2D eigenvalue weighted by Crippen LogP contribution is -1.84. The van der Waals surface area contributed by atoms with Crippen molar-refractivity contribution in [2.75, 3.05) is 0 Å². The second-order valence-corrected chi connectivity index (χ2v) is 4.41. The van der Waals surface area contributed by atoms with Crippen molar-refractivity contribution in [1.29, 1.82) is 0 Å². The first kappa shape index (κ1) is 9.54. The molecule has 0 saturated carbocycles. The molecule has 0 aliphatic heterocycles. The molecule has 0 saturated heterocycles. The van der Waals surface area contributed by atoms with Gasteiger partial charge in [-0.15, -0.1) is 0 Å². The maximum atomic E-state index is 4.41. The second kappa shape index (κ2) is 3.50. The molecule has 1 aromatic heterocycles. The quantitative estimate of drug-likeness (QED) is 0.428. The highest BCUT2D eigenvalue weighted by molar-refractivity contribution is 6.15. The molecule has 0 radical (unpaired) electrons. The first-order valence-corrected chi connectivity index (χ1v) is 5.94. The van der Waals surface area contributed by atoms with Gasteiger partial charge in [-0.05, 0) is 16.2 Å². The van der Waals surface area contributed by atoms with Crippen molar-refractivity contribution in [3.8, 4) is 0 Å². The SMILES string of the molecule is c1ccc2c(c1)ccc1c2ccc2cncnc21. The Morgan fingerprint density at radius 3 is 2.50 bits per heavy atom. The van der Waals surface area contributed by atoms with E-state index in [1.165, 1.54) is 21.5 Å². The summed E-state index contributed by atoms with van der Waals surface area (Å²) in [5.41, 5.74) is 1.02. The number of benzene rings is 3. The Labute approximate surface area is 104 Å². The van der Waals surface area contributed by atoms with Gasteiger partial charge in [-0.2, -0.15) is 0 Å². The molecule has 0 bridgehead atoms. The van der Waals surface area contributed by atoms with Crippen LogP contribution < -0.4 is 0 Å². The summed E-state index contributed by atoms with van der Waals surface area (Å²) in [7, 11) is 0. The van der Waals surface area contributed by atoms with Crippen LogP contribution in [0.1, 0.15) is 0 Å². The lowest BCUT2D eigenvalue weighted by Gasteiger charge is -2.06. The standard InChI is InChI=1S/C16H10N2/c1-2-4-13-11(3-1)5-8-15-14(13)7-6-12-9-17-10-18-16(12)15/h1-10H. The molecular formula is C16H10N2. The van der Waals surface area contributed by atoms with Gasteiger partial charge in [0, 0.05) is 17.0 Å². The van der Waals surface area contributed by atoms with Crippen LogP contribution in [-0.2, 0) is 0 Å². The zero-order chi connectivity index (χ0) is 11.9. The van der Waals surface area contributed by atoms with Crippen LogP contribution in [-0.4, -0.2) is 9.97 Å². The average Bonchev–Trinajstić information content (AvgIpc) is 2.46. The fraction of sp³-hybridized carbons (Fsp3) is 0. The van der Waals surface area contributed by atoms with Gasteiger partial charge in [0.25, 0.3) is 0 Å². The molecule has 0 amide bonds. The number of rotatable bonds is 0. The predicted octanol–water partition coefficient (Wildman–Crippen LogP) is 3.94. The molecule has 0 atom stereocenters. The topological polar surface area (TPSA) is 25.8 Å². The van der Waals surface area contributed by atoms with E-state index in [0.29, 0.717) is 0 Å². The summed E-state index contributed by atoms with van der Waals surface area (Å²) >= 11 is 0. The smallest absolute Gasteiger partial charge is 0.116 e. The zero-order valence-corrected chi connectivity index (χ0v) is 9.67.